The minimum atomic E-state index is -1.30. The maximum Gasteiger partial charge on any atom is 0.167 e. The smallest absolute Gasteiger partial charge is 0.167 e. The second kappa shape index (κ2) is 5.88. The third kappa shape index (κ3) is 4.21. The van der Waals surface area contributed by atoms with E-state index in [9.17, 15) is 4.79 Å². The predicted octanol–water partition coefficient (Wildman–Crippen LogP) is -2.03. The lowest BCUT2D eigenvalue weighted by Crippen LogP contribution is -2.47. The van der Waals surface area contributed by atoms with Crippen LogP contribution in [-0.2, 0) is 4.79 Å². The number of hydrogen-bond acceptors (Lipinski definition) is 5. The van der Waals surface area contributed by atoms with Crippen molar-refractivity contribution in [3.63, 3.8) is 0 Å². The maximum atomic E-state index is 11.3. The van der Waals surface area contributed by atoms with Crippen molar-refractivity contribution in [2.45, 2.75) is 24.6 Å². The van der Waals surface area contributed by atoms with Gasteiger partial charge in [0.2, 0.25) is 0 Å². The van der Waals surface area contributed by atoms with Gasteiger partial charge in [-0.1, -0.05) is 12.2 Å². The third-order valence-corrected chi connectivity index (χ3v) is 2.25. The van der Waals surface area contributed by atoms with Gasteiger partial charge in [-0.3, -0.25) is 4.79 Å². The van der Waals surface area contributed by atoms with Gasteiger partial charge in [-0.25, -0.2) is 0 Å². The zero-order chi connectivity index (χ0) is 11.5. The van der Waals surface area contributed by atoms with Gasteiger partial charge in [0.1, 0.15) is 6.10 Å². The summed E-state index contributed by atoms with van der Waals surface area (Å²) in [5.74, 6) is -0.407. The summed E-state index contributed by atoms with van der Waals surface area (Å²) in [6, 6.07) is 0. The molecule has 0 aromatic carbocycles. The van der Waals surface area contributed by atoms with Crippen LogP contribution in [0.15, 0.2) is 23.8 Å². The van der Waals surface area contributed by atoms with Crippen molar-refractivity contribution in [1.82, 2.24) is 0 Å². The fraction of sp³-hybridized carbons (Fsp3) is 0.500. The molecule has 8 N–H and O–H groups in total. The summed E-state index contributed by atoms with van der Waals surface area (Å²) in [4.78, 5) is 11.3. The van der Waals surface area contributed by atoms with Crippen LogP contribution in [-0.4, -0.2) is 39.8 Å². The van der Waals surface area contributed by atoms with E-state index in [1.165, 1.54) is 0 Å². The van der Waals surface area contributed by atoms with Crippen molar-refractivity contribution in [3.8, 4) is 0 Å². The normalized spacial score (nSPS) is 19.6. The van der Waals surface area contributed by atoms with E-state index in [4.69, 9.17) is 21.7 Å². The SMILES string of the molecule is NC1(N)C=CC(CC(=O)C(O)CO)=CC1.O. The van der Waals surface area contributed by atoms with E-state index >= 15 is 0 Å². The Labute approximate surface area is 93.5 Å². The minimum Gasteiger partial charge on any atom is -0.412 e. The van der Waals surface area contributed by atoms with Gasteiger partial charge >= 0.3 is 0 Å². The summed E-state index contributed by atoms with van der Waals surface area (Å²) in [6.07, 6.45) is 4.31. The summed E-state index contributed by atoms with van der Waals surface area (Å²) in [5, 5.41) is 17.6. The molecule has 0 amide bonds. The molecule has 1 aliphatic carbocycles. The van der Waals surface area contributed by atoms with E-state index < -0.39 is 24.2 Å². The highest BCUT2D eigenvalue weighted by Crippen LogP contribution is 2.17. The van der Waals surface area contributed by atoms with Crippen molar-refractivity contribution in [3.05, 3.63) is 23.8 Å². The molecule has 0 aromatic heterocycles. The molecule has 0 saturated heterocycles. The first-order valence-corrected chi connectivity index (χ1v) is 4.72. The molecule has 0 spiro atoms. The highest BCUT2D eigenvalue weighted by Gasteiger charge is 2.20. The topological polar surface area (TPSA) is 141 Å². The van der Waals surface area contributed by atoms with E-state index in [1.807, 2.05) is 0 Å². The Hall–Kier alpha value is -1.05. The Balaban J connectivity index is 0.00000225. The van der Waals surface area contributed by atoms with Crippen LogP contribution in [0.2, 0.25) is 0 Å². The molecule has 0 bridgehead atoms. The van der Waals surface area contributed by atoms with Crippen LogP contribution in [0, 0.1) is 0 Å². The van der Waals surface area contributed by atoms with E-state index in [0.29, 0.717) is 6.42 Å². The molecule has 0 aromatic rings. The third-order valence-electron chi connectivity index (χ3n) is 2.25. The number of nitrogens with two attached hydrogens (primary N) is 2. The zero-order valence-electron chi connectivity index (χ0n) is 8.89. The van der Waals surface area contributed by atoms with Crippen molar-refractivity contribution < 1.29 is 20.5 Å². The van der Waals surface area contributed by atoms with Gasteiger partial charge in [-0.05, 0) is 11.6 Å². The first-order valence-electron chi connectivity index (χ1n) is 4.72. The second-order valence-corrected chi connectivity index (χ2v) is 3.77. The van der Waals surface area contributed by atoms with Crippen LogP contribution in [0.3, 0.4) is 0 Å². The number of rotatable bonds is 4. The second-order valence-electron chi connectivity index (χ2n) is 3.77. The van der Waals surface area contributed by atoms with Crippen LogP contribution >= 0.6 is 0 Å². The average molecular weight is 230 g/mol. The monoisotopic (exact) mass is 230 g/mol. The van der Waals surface area contributed by atoms with Crippen LogP contribution < -0.4 is 11.5 Å². The van der Waals surface area contributed by atoms with Gasteiger partial charge in [0.25, 0.3) is 0 Å². The Kier molecular flexibility index (Phi) is 5.49. The number of Topliss-reactive ketones (excluding diaryl/α,β-unsaturated/α-hetero) is 1. The molecule has 0 aliphatic heterocycles. The lowest BCUT2D eigenvalue weighted by Gasteiger charge is -2.22. The lowest BCUT2D eigenvalue weighted by molar-refractivity contribution is -0.128. The van der Waals surface area contributed by atoms with Gasteiger partial charge in [-0.15, -0.1) is 0 Å². The summed E-state index contributed by atoms with van der Waals surface area (Å²) in [5.41, 5.74) is 11.2. The van der Waals surface area contributed by atoms with E-state index in [0.717, 1.165) is 5.57 Å². The van der Waals surface area contributed by atoms with E-state index in [2.05, 4.69) is 0 Å². The molecule has 6 nitrogen and oxygen atoms in total. The standard InChI is InChI=1S/C10H16N2O3.H2O/c11-10(12)3-1-7(2-4-10)5-8(14)9(15)6-13;/h1-3,9,13,15H,4-6,11-12H2;1H2. The van der Waals surface area contributed by atoms with Crippen molar-refractivity contribution >= 4 is 5.78 Å². The molecule has 0 saturated carbocycles. The molecule has 1 aliphatic rings. The Bertz CT molecular complexity index is 310. The van der Waals surface area contributed by atoms with Gasteiger partial charge in [-0.2, -0.15) is 0 Å². The Morgan fingerprint density at radius 1 is 1.56 bits per heavy atom. The molecule has 16 heavy (non-hydrogen) atoms. The minimum absolute atomic E-state index is 0. The number of aliphatic hydroxyl groups is 2. The van der Waals surface area contributed by atoms with Gasteiger partial charge in [0.05, 0.1) is 12.3 Å². The Morgan fingerprint density at radius 3 is 2.62 bits per heavy atom. The molecule has 1 unspecified atom stereocenters. The first-order chi connectivity index (χ1) is 6.94. The molecule has 0 radical (unpaired) electrons. The fourth-order valence-corrected chi connectivity index (χ4v) is 1.26. The summed E-state index contributed by atoms with van der Waals surface area (Å²) >= 11 is 0. The summed E-state index contributed by atoms with van der Waals surface area (Å²) < 4.78 is 0. The summed E-state index contributed by atoms with van der Waals surface area (Å²) in [6.45, 7) is -0.548. The Morgan fingerprint density at radius 2 is 2.19 bits per heavy atom. The van der Waals surface area contributed by atoms with Gasteiger partial charge < -0.3 is 27.2 Å². The number of allylic oxidation sites excluding steroid dienone is 2. The zero-order valence-corrected chi connectivity index (χ0v) is 8.89. The van der Waals surface area contributed by atoms with Crippen LogP contribution in [0.1, 0.15) is 12.8 Å². The number of carbonyl (C=O) groups is 1. The van der Waals surface area contributed by atoms with Crippen LogP contribution in [0.5, 0.6) is 0 Å². The molecular formula is C10H18N2O4. The molecule has 92 valence electrons. The highest BCUT2D eigenvalue weighted by atomic mass is 16.3. The quantitative estimate of drug-likeness (QED) is 0.412. The van der Waals surface area contributed by atoms with Crippen LogP contribution in [0.25, 0.3) is 0 Å². The van der Waals surface area contributed by atoms with Gasteiger partial charge in [0.15, 0.2) is 5.78 Å². The molecule has 0 heterocycles. The fourth-order valence-electron chi connectivity index (χ4n) is 1.26. The van der Waals surface area contributed by atoms with Crippen LogP contribution in [0.4, 0.5) is 0 Å². The van der Waals surface area contributed by atoms with E-state index in [-0.39, 0.29) is 11.9 Å². The highest BCUT2D eigenvalue weighted by molar-refractivity contribution is 5.85. The molecule has 0 fully saturated rings. The predicted molar refractivity (Wildman–Crippen MR) is 59.3 cm³/mol. The number of carbonyl (C=O) groups excluding carboxylic acids is 1. The first kappa shape index (κ1) is 14.9. The largest absolute Gasteiger partial charge is 0.412 e. The van der Waals surface area contributed by atoms with Crippen molar-refractivity contribution in [2.75, 3.05) is 6.61 Å². The number of aliphatic hydroxyl groups excluding tert-OH is 2. The molecular weight excluding hydrogens is 212 g/mol. The van der Waals surface area contributed by atoms with Crippen molar-refractivity contribution in [1.29, 1.82) is 0 Å². The molecule has 1 atom stereocenters. The number of hydrogen-bond donors (Lipinski definition) is 4. The number of ketones is 1. The molecule has 6 heteroatoms. The van der Waals surface area contributed by atoms with E-state index in [1.54, 1.807) is 18.2 Å². The summed E-state index contributed by atoms with van der Waals surface area (Å²) in [7, 11) is 0. The molecule has 1 rings (SSSR count). The lowest BCUT2D eigenvalue weighted by atomic mass is 9.95. The van der Waals surface area contributed by atoms with Crippen molar-refractivity contribution in [2.24, 2.45) is 11.5 Å². The maximum absolute atomic E-state index is 11.3. The average Bonchev–Trinajstić information content (AvgIpc) is 2.20. The van der Waals surface area contributed by atoms with Gasteiger partial charge in [0, 0.05) is 12.8 Å².